The fraction of sp³-hybridized carbons (Fsp3) is 0.235. The van der Waals surface area contributed by atoms with Gasteiger partial charge in [0.2, 0.25) is 10.0 Å². The van der Waals surface area contributed by atoms with Crippen LogP contribution in [0.2, 0.25) is 0 Å². The highest BCUT2D eigenvalue weighted by Gasteiger charge is 2.20. The number of halogens is 1. The molecule has 0 bridgehead atoms. The molecule has 0 atom stereocenters. The maximum absolute atomic E-state index is 13.2. The number of imidazole rings is 1. The van der Waals surface area contributed by atoms with Crippen molar-refractivity contribution in [3.05, 3.63) is 54.2 Å². The van der Waals surface area contributed by atoms with Crippen LogP contribution in [0.25, 0.3) is 5.65 Å². The van der Waals surface area contributed by atoms with E-state index in [1.54, 1.807) is 22.7 Å². The molecule has 0 aliphatic heterocycles. The highest BCUT2D eigenvalue weighted by molar-refractivity contribution is 7.89. The van der Waals surface area contributed by atoms with Crippen molar-refractivity contribution in [2.45, 2.75) is 11.3 Å². The fourth-order valence-corrected chi connectivity index (χ4v) is 3.74. The first kappa shape index (κ1) is 18.2. The summed E-state index contributed by atoms with van der Waals surface area (Å²) in [5.41, 5.74) is 1.25. The van der Waals surface area contributed by atoms with Crippen molar-refractivity contribution < 1.29 is 22.3 Å². The zero-order chi connectivity index (χ0) is 18.7. The lowest BCUT2D eigenvalue weighted by Crippen LogP contribution is -2.26. The second kappa shape index (κ2) is 7.30. The molecule has 9 heteroatoms. The van der Waals surface area contributed by atoms with Gasteiger partial charge in [0.25, 0.3) is 0 Å². The quantitative estimate of drug-likeness (QED) is 0.679. The molecule has 0 spiro atoms. The molecule has 2 aromatic heterocycles. The summed E-state index contributed by atoms with van der Waals surface area (Å²) in [6, 6.07) is 7.43. The van der Waals surface area contributed by atoms with Crippen LogP contribution in [0, 0.1) is 5.82 Å². The first-order valence-corrected chi connectivity index (χ1v) is 9.26. The second-order valence-electron chi connectivity index (χ2n) is 5.51. The van der Waals surface area contributed by atoms with Crippen molar-refractivity contribution in [2.24, 2.45) is 0 Å². The van der Waals surface area contributed by atoms with E-state index in [0.717, 1.165) is 0 Å². The number of methoxy groups -OCH3 is 2. The molecule has 0 aliphatic rings. The lowest BCUT2D eigenvalue weighted by atomic mass is 10.3. The number of rotatable bonds is 7. The Balaban J connectivity index is 1.73. The van der Waals surface area contributed by atoms with Crippen molar-refractivity contribution in [2.75, 3.05) is 20.8 Å². The van der Waals surface area contributed by atoms with E-state index >= 15 is 0 Å². The Kier molecular flexibility index (Phi) is 5.10. The highest BCUT2D eigenvalue weighted by Crippen LogP contribution is 2.27. The van der Waals surface area contributed by atoms with Gasteiger partial charge in [-0.3, -0.25) is 0 Å². The molecule has 138 valence electrons. The Labute approximate surface area is 150 Å². The van der Waals surface area contributed by atoms with Crippen LogP contribution in [0.4, 0.5) is 4.39 Å². The summed E-state index contributed by atoms with van der Waals surface area (Å²) in [5, 5.41) is 0. The Morgan fingerprint density at radius 3 is 2.69 bits per heavy atom. The predicted molar refractivity (Wildman–Crippen MR) is 93.6 cm³/mol. The molecule has 2 heterocycles. The van der Waals surface area contributed by atoms with Gasteiger partial charge in [0.05, 0.1) is 19.9 Å². The number of hydrogen-bond donors (Lipinski definition) is 1. The van der Waals surface area contributed by atoms with Gasteiger partial charge in [-0.25, -0.2) is 22.5 Å². The zero-order valence-electron chi connectivity index (χ0n) is 14.3. The molecule has 0 amide bonds. The van der Waals surface area contributed by atoms with Crippen LogP contribution in [0.5, 0.6) is 11.5 Å². The Morgan fingerprint density at radius 2 is 1.96 bits per heavy atom. The van der Waals surface area contributed by atoms with Crippen molar-refractivity contribution in [3.63, 3.8) is 0 Å². The number of nitrogens with one attached hydrogen (secondary N) is 1. The molecule has 1 aromatic carbocycles. The molecule has 0 radical (unpaired) electrons. The van der Waals surface area contributed by atoms with E-state index in [1.807, 2.05) is 0 Å². The van der Waals surface area contributed by atoms with Gasteiger partial charge < -0.3 is 13.9 Å². The van der Waals surface area contributed by atoms with Crippen molar-refractivity contribution in [1.82, 2.24) is 14.1 Å². The SMILES string of the molecule is COc1ccc(OC)c(S(=O)(=O)NCCc2cn3cc(F)ccc3n2)c1. The van der Waals surface area contributed by atoms with Crippen molar-refractivity contribution >= 4 is 15.7 Å². The summed E-state index contributed by atoms with van der Waals surface area (Å²) in [7, 11) is -0.936. The Hall–Kier alpha value is -2.65. The van der Waals surface area contributed by atoms with E-state index < -0.39 is 10.0 Å². The summed E-state index contributed by atoms with van der Waals surface area (Å²) in [5.74, 6) is 0.266. The Morgan fingerprint density at radius 1 is 1.15 bits per heavy atom. The molecule has 0 fully saturated rings. The number of benzene rings is 1. The van der Waals surface area contributed by atoms with Crippen molar-refractivity contribution in [3.8, 4) is 11.5 Å². The lowest BCUT2D eigenvalue weighted by Gasteiger charge is -2.11. The van der Waals surface area contributed by atoms with E-state index in [1.165, 1.54) is 38.6 Å². The second-order valence-corrected chi connectivity index (χ2v) is 7.24. The number of sulfonamides is 1. The third-order valence-corrected chi connectivity index (χ3v) is 5.28. The first-order chi connectivity index (χ1) is 12.4. The smallest absolute Gasteiger partial charge is 0.244 e. The molecule has 0 saturated heterocycles. The van der Waals surface area contributed by atoms with E-state index in [4.69, 9.17) is 9.47 Å². The van der Waals surface area contributed by atoms with E-state index in [9.17, 15) is 12.8 Å². The molecule has 3 aromatic rings. The predicted octanol–water partition coefficient (Wildman–Crippen LogP) is 2.01. The number of fused-ring (bicyclic) bond motifs is 1. The highest BCUT2D eigenvalue weighted by atomic mass is 32.2. The average Bonchev–Trinajstić information content (AvgIpc) is 3.02. The molecular formula is C17H18FN3O4S. The fourth-order valence-electron chi connectivity index (χ4n) is 2.52. The molecule has 1 N–H and O–H groups in total. The number of ether oxygens (including phenoxy) is 2. The lowest BCUT2D eigenvalue weighted by molar-refractivity contribution is 0.392. The minimum atomic E-state index is -3.79. The number of pyridine rings is 1. The van der Waals surface area contributed by atoms with E-state index in [0.29, 0.717) is 23.5 Å². The molecular weight excluding hydrogens is 361 g/mol. The normalized spacial score (nSPS) is 11.7. The summed E-state index contributed by atoms with van der Waals surface area (Å²) >= 11 is 0. The van der Waals surface area contributed by atoms with Crippen LogP contribution in [0.15, 0.2) is 47.6 Å². The van der Waals surface area contributed by atoms with Crippen LogP contribution in [0.1, 0.15) is 5.69 Å². The maximum atomic E-state index is 13.2. The largest absolute Gasteiger partial charge is 0.497 e. The standard InChI is InChI=1S/C17H18FN3O4S/c1-24-14-4-5-15(25-2)16(9-14)26(22,23)19-8-7-13-11-21-10-12(18)3-6-17(21)20-13/h3-6,9-11,19H,7-8H2,1-2H3. The number of nitrogens with zero attached hydrogens (tertiary/aromatic N) is 2. The topological polar surface area (TPSA) is 81.9 Å². The molecule has 26 heavy (non-hydrogen) atoms. The molecule has 7 nitrogen and oxygen atoms in total. The monoisotopic (exact) mass is 379 g/mol. The van der Waals surface area contributed by atoms with Gasteiger partial charge in [0, 0.05) is 31.4 Å². The summed E-state index contributed by atoms with van der Waals surface area (Å²) < 4.78 is 52.6. The van der Waals surface area contributed by atoms with Gasteiger partial charge in [0.15, 0.2) is 0 Å². The number of aromatic nitrogens is 2. The van der Waals surface area contributed by atoms with Crippen LogP contribution in [-0.2, 0) is 16.4 Å². The third kappa shape index (κ3) is 3.78. The van der Waals surface area contributed by atoms with Gasteiger partial charge in [-0.05, 0) is 24.3 Å². The van der Waals surface area contributed by atoms with Gasteiger partial charge in [-0.2, -0.15) is 0 Å². The minimum Gasteiger partial charge on any atom is -0.497 e. The van der Waals surface area contributed by atoms with Gasteiger partial charge in [0.1, 0.15) is 27.9 Å². The van der Waals surface area contributed by atoms with Crippen LogP contribution in [0.3, 0.4) is 0 Å². The third-order valence-electron chi connectivity index (χ3n) is 3.80. The van der Waals surface area contributed by atoms with Crippen LogP contribution in [-0.4, -0.2) is 38.6 Å². The summed E-state index contributed by atoms with van der Waals surface area (Å²) in [6.07, 6.45) is 3.34. The molecule has 0 aliphatic carbocycles. The summed E-state index contributed by atoms with van der Waals surface area (Å²) in [6.45, 7) is 0.134. The van der Waals surface area contributed by atoms with Crippen LogP contribution >= 0.6 is 0 Å². The van der Waals surface area contributed by atoms with Gasteiger partial charge >= 0.3 is 0 Å². The first-order valence-electron chi connectivity index (χ1n) is 7.78. The van der Waals surface area contributed by atoms with Crippen molar-refractivity contribution in [1.29, 1.82) is 0 Å². The van der Waals surface area contributed by atoms with E-state index in [-0.39, 0.29) is 23.0 Å². The minimum absolute atomic E-state index is 0.00331. The average molecular weight is 379 g/mol. The maximum Gasteiger partial charge on any atom is 0.244 e. The molecule has 0 saturated carbocycles. The van der Waals surface area contributed by atoms with Crippen LogP contribution < -0.4 is 14.2 Å². The zero-order valence-corrected chi connectivity index (χ0v) is 15.1. The summed E-state index contributed by atoms with van der Waals surface area (Å²) in [4.78, 5) is 4.32. The molecule has 0 unspecified atom stereocenters. The number of hydrogen-bond acceptors (Lipinski definition) is 5. The Bertz CT molecular complexity index is 1030. The molecule has 3 rings (SSSR count). The van der Waals surface area contributed by atoms with E-state index in [2.05, 4.69) is 9.71 Å². The van der Waals surface area contributed by atoms with Gasteiger partial charge in [-0.1, -0.05) is 0 Å². The van der Waals surface area contributed by atoms with Gasteiger partial charge in [-0.15, -0.1) is 0 Å².